The van der Waals surface area contributed by atoms with Gasteiger partial charge in [0.1, 0.15) is 11.6 Å². The Morgan fingerprint density at radius 1 is 1.40 bits per heavy atom. The van der Waals surface area contributed by atoms with Crippen LogP contribution in [0.3, 0.4) is 0 Å². The molecule has 20 heavy (non-hydrogen) atoms. The molecule has 0 saturated carbocycles. The molecule has 0 aliphatic carbocycles. The number of ether oxygens (including phenoxy) is 1. The van der Waals surface area contributed by atoms with Gasteiger partial charge in [0.05, 0.1) is 18.0 Å². The average Bonchev–Trinajstić information content (AvgIpc) is 3.01. The molecule has 3 rings (SSSR count). The van der Waals surface area contributed by atoms with Crippen LogP contribution in [-0.2, 0) is 16.1 Å². The van der Waals surface area contributed by atoms with Gasteiger partial charge in [0.2, 0.25) is 0 Å². The molecule has 1 fully saturated rings. The summed E-state index contributed by atoms with van der Waals surface area (Å²) in [5.41, 5.74) is 1.86. The maximum Gasteiger partial charge on any atom is 0.309 e. The van der Waals surface area contributed by atoms with Gasteiger partial charge in [-0.15, -0.1) is 5.10 Å². The van der Waals surface area contributed by atoms with Crippen LogP contribution >= 0.6 is 0 Å². The fourth-order valence-electron chi connectivity index (χ4n) is 2.77. The molecule has 106 valence electrons. The normalized spacial score (nSPS) is 22.4. The molecule has 1 saturated heterocycles. The van der Waals surface area contributed by atoms with E-state index in [1.54, 1.807) is 0 Å². The minimum atomic E-state index is -0.0746. The molecule has 0 amide bonds. The minimum Gasteiger partial charge on any atom is -0.460 e. The van der Waals surface area contributed by atoms with Gasteiger partial charge in [-0.3, -0.25) is 4.79 Å². The first-order valence-corrected chi connectivity index (χ1v) is 7.26. The van der Waals surface area contributed by atoms with Crippen LogP contribution in [0.4, 0.5) is 0 Å². The molecule has 0 unspecified atom stereocenters. The van der Waals surface area contributed by atoms with Gasteiger partial charge in [-0.05, 0) is 25.0 Å². The molecule has 0 bridgehead atoms. The molecule has 5 heteroatoms. The molecule has 1 aromatic heterocycles. The molecule has 2 atom stereocenters. The largest absolute Gasteiger partial charge is 0.460 e. The second-order valence-electron chi connectivity index (χ2n) is 5.39. The summed E-state index contributed by atoms with van der Waals surface area (Å²) in [6.45, 7) is 2.73. The maximum absolute atomic E-state index is 11.8. The third-order valence-corrected chi connectivity index (χ3v) is 3.87. The molecule has 0 radical (unpaired) electrons. The van der Waals surface area contributed by atoms with Crippen LogP contribution in [0.25, 0.3) is 11.0 Å². The lowest BCUT2D eigenvalue weighted by Crippen LogP contribution is -2.16. The Morgan fingerprint density at radius 2 is 2.25 bits per heavy atom. The van der Waals surface area contributed by atoms with Crippen molar-refractivity contribution >= 4 is 17.0 Å². The Hall–Kier alpha value is -1.91. The summed E-state index contributed by atoms with van der Waals surface area (Å²) >= 11 is 0. The van der Waals surface area contributed by atoms with Gasteiger partial charge in [0, 0.05) is 0 Å². The van der Waals surface area contributed by atoms with E-state index < -0.39 is 0 Å². The molecule has 2 aromatic rings. The Balaban J connectivity index is 1.68. The van der Waals surface area contributed by atoms with E-state index in [4.69, 9.17) is 4.74 Å². The molecular weight excluding hydrogens is 254 g/mol. The monoisotopic (exact) mass is 273 g/mol. The molecule has 5 nitrogen and oxygen atoms in total. The molecule has 0 spiro atoms. The number of benzene rings is 1. The lowest BCUT2D eigenvalue weighted by Gasteiger charge is -2.09. The number of nitrogens with zero attached hydrogens (tertiary/aromatic N) is 3. The molecule has 1 aromatic carbocycles. The summed E-state index contributed by atoms with van der Waals surface area (Å²) in [7, 11) is 0. The summed E-state index contributed by atoms with van der Waals surface area (Å²) in [4.78, 5) is 11.8. The number of hydrogen-bond acceptors (Lipinski definition) is 4. The van der Waals surface area contributed by atoms with Crippen LogP contribution in [0.5, 0.6) is 0 Å². The van der Waals surface area contributed by atoms with Crippen LogP contribution in [0.1, 0.15) is 32.6 Å². The summed E-state index contributed by atoms with van der Waals surface area (Å²) in [5, 5.41) is 8.27. The number of cyclic esters (lactones) is 1. The third-order valence-electron chi connectivity index (χ3n) is 3.87. The van der Waals surface area contributed by atoms with Gasteiger partial charge in [-0.25, -0.2) is 4.68 Å². The van der Waals surface area contributed by atoms with Crippen molar-refractivity contribution in [2.24, 2.45) is 5.92 Å². The van der Waals surface area contributed by atoms with E-state index in [1.807, 2.05) is 28.9 Å². The number of hydrogen-bond donors (Lipinski definition) is 0. The van der Waals surface area contributed by atoms with E-state index >= 15 is 0 Å². The number of fused-ring (bicyclic) bond motifs is 1. The molecule has 1 aliphatic heterocycles. The molecule has 2 heterocycles. The van der Waals surface area contributed by atoms with Gasteiger partial charge in [-0.2, -0.15) is 0 Å². The van der Waals surface area contributed by atoms with Crippen molar-refractivity contribution in [3.05, 3.63) is 24.3 Å². The second kappa shape index (κ2) is 5.61. The quantitative estimate of drug-likeness (QED) is 0.786. The summed E-state index contributed by atoms with van der Waals surface area (Å²) in [6, 6.07) is 7.83. The smallest absolute Gasteiger partial charge is 0.309 e. The summed E-state index contributed by atoms with van der Waals surface area (Å²) in [5.74, 6) is 0.0163. The fourth-order valence-corrected chi connectivity index (χ4v) is 2.77. The van der Waals surface area contributed by atoms with Gasteiger partial charge in [0.15, 0.2) is 0 Å². The second-order valence-corrected chi connectivity index (χ2v) is 5.39. The topological polar surface area (TPSA) is 57.0 Å². The number of carbonyl (C=O) groups is 1. The highest BCUT2D eigenvalue weighted by Gasteiger charge is 2.34. The van der Waals surface area contributed by atoms with Crippen molar-refractivity contribution in [3.63, 3.8) is 0 Å². The Kier molecular flexibility index (Phi) is 3.67. The fraction of sp³-hybridized carbons (Fsp3) is 0.533. The SMILES string of the molecule is CCCC[C@H]1C[C@H](Cn2nnc3ccccc32)OC1=O. The minimum absolute atomic E-state index is 0.0483. The van der Waals surface area contributed by atoms with Crippen LogP contribution < -0.4 is 0 Å². The summed E-state index contributed by atoms with van der Waals surface area (Å²) < 4.78 is 7.29. The van der Waals surface area contributed by atoms with Crippen LogP contribution in [0.15, 0.2) is 24.3 Å². The number of para-hydroxylation sites is 1. The average molecular weight is 273 g/mol. The van der Waals surface area contributed by atoms with E-state index in [1.165, 1.54) is 0 Å². The van der Waals surface area contributed by atoms with Crippen LogP contribution in [0, 0.1) is 5.92 Å². The van der Waals surface area contributed by atoms with Crippen molar-refractivity contribution in [1.82, 2.24) is 15.0 Å². The van der Waals surface area contributed by atoms with Crippen molar-refractivity contribution in [2.75, 3.05) is 0 Å². The maximum atomic E-state index is 11.8. The van der Waals surface area contributed by atoms with E-state index in [0.29, 0.717) is 6.54 Å². The third kappa shape index (κ3) is 2.53. The van der Waals surface area contributed by atoms with E-state index in [-0.39, 0.29) is 18.0 Å². The highest BCUT2D eigenvalue weighted by molar-refractivity contribution is 5.75. The zero-order valence-electron chi connectivity index (χ0n) is 11.7. The molecule has 1 aliphatic rings. The van der Waals surface area contributed by atoms with Crippen molar-refractivity contribution < 1.29 is 9.53 Å². The lowest BCUT2D eigenvalue weighted by atomic mass is 9.98. The number of unbranched alkanes of at least 4 members (excludes halogenated alkanes) is 1. The highest BCUT2D eigenvalue weighted by atomic mass is 16.6. The first-order chi connectivity index (χ1) is 9.78. The van der Waals surface area contributed by atoms with Crippen molar-refractivity contribution in [3.8, 4) is 0 Å². The van der Waals surface area contributed by atoms with E-state index in [2.05, 4.69) is 17.2 Å². The predicted octanol–water partition coefficient (Wildman–Crippen LogP) is 2.55. The first-order valence-electron chi connectivity index (χ1n) is 7.26. The molecular formula is C15H19N3O2. The summed E-state index contributed by atoms with van der Waals surface area (Å²) in [6.07, 6.45) is 3.85. The van der Waals surface area contributed by atoms with Gasteiger partial charge >= 0.3 is 5.97 Å². The van der Waals surface area contributed by atoms with Crippen molar-refractivity contribution in [2.45, 2.75) is 45.3 Å². The standard InChI is InChI=1S/C15H19N3O2/c1-2-3-6-11-9-12(20-15(11)19)10-18-14-8-5-4-7-13(14)16-17-18/h4-5,7-8,11-12H,2-3,6,9-10H2,1H3/t11-,12+/m0/s1. The number of carbonyl (C=O) groups excluding carboxylic acids is 1. The Bertz CT molecular complexity index is 608. The van der Waals surface area contributed by atoms with Crippen LogP contribution in [-0.4, -0.2) is 27.1 Å². The van der Waals surface area contributed by atoms with Gasteiger partial charge < -0.3 is 4.74 Å². The van der Waals surface area contributed by atoms with Crippen LogP contribution in [0.2, 0.25) is 0 Å². The lowest BCUT2D eigenvalue weighted by molar-refractivity contribution is -0.144. The number of esters is 1. The Labute approximate surface area is 117 Å². The predicted molar refractivity (Wildman–Crippen MR) is 75.0 cm³/mol. The zero-order valence-corrected chi connectivity index (χ0v) is 11.7. The van der Waals surface area contributed by atoms with E-state index in [0.717, 1.165) is 36.7 Å². The Morgan fingerprint density at radius 3 is 3.10 bits per heavy atom. The van der Waals surface area contributed by atoms with Gasteiger partial charge in [0.25, 0.3) is 0 Å². The van der Waals surface area contributed by atoms with Gasteiger partial charge in [-0.1, -0.05) is 37.1 Å². The number of rotatable bonds is 5. The van der Waals surface area contributed by atoms with Crippen molar-refractivity contribution in [1.29, 1.82) is 0 Å². The first kappa shape index (κ1) is 13.1. The highest BCUT2D eigenvalue weighted by Crippen LogP contribution is 2.27. The zero-order chi connectivity index (χ0) is 13.9. The molecule has 0 N–H and O–H groups in total. The number of aromatic nitrogens is 3. The van der Waals surface area contributed by atoms with E-state index in [9.17, 15) is 4.79 Å².